The minimum atomic E-state index is -4.35. The molecular weight excluding hydrogens is 341 g/mol. The molecule has 0 aliphatic carbocycles. The highest BCUT2D eigenvalue weighted by Gasteiger charge is 2.29. The van der Waals surface area contributed by atoms with Gasteiger partial charge in [-0.2, -0.15) is 13.2 Å². The normalized spacial score (nSPS) is 12.0. The van der Waals surface area contributed by atoms with Crippen molar-refractivity contribution in [2.24, 2.45) is 0 Å². The second-order valence-electron chi connectivity index (χ2n) is 5.86. The van der Waals surface area contributed by atoms with Gasteiger partial charge >= 0.3 is 12.1 Å². The zero-order valence-corrected chi connectivity index (χ0v) is 14.6. The average molecular weight is 360 g/mol. The molecular formula is C21H19F3O2. The van der Waals surface area contributed by atoms with Gasteiger partial charge in [-0.15, -0.1) is 0 Å². The van der Waals surface area contributed by atoms with E-state index in [-0.39, 0.29) is 11.9 Å². The fourth-order valence-corrected chi connectivity index (χ4v) is 2.37. The van der Waals surface area contributed by atoms with Gasteiger partial charge in [0.15, 0.2) is 0 Å². The van der Waals surface area contributed by atoms with Gasteiger partial charge in [0.25, 0.3) is 0 Å². The van der Waals surface area contributed by atoms with E-state index in [2.05, 4.69) is 11.8 Å². The van der Waals surface area contributed by atoms with Crippen molar-refractivity contribution in [1.29, 1.82) is 0 Å². The highest BCUT2D eigenvalue weighted by Crippen LogP contribution is 2.29. The molecule has 0 N–H and O–H groups in total. The van der Waals surface area contributed by atoms with Crippen molar-refractivity contribution in [3.8, 4) is 11.8 Å². The van der Waals surface area contributed by atoms with Crippen molar-refractivity contribution in [1.82, 2.24) is 0 Å². The molecule has 0 saturated carbocycles. The predicted molar refractivity (Wildman–Crippen MR) is 93.5 cm³/mol. The summed E-state index contributed by atoms with van der Waals surface area (Å²) in [5.74, 6) is 5.57. The highest BCUT2D eigenvalue weighted by atomic mass is 19.4. The first-order valence-electron chi connectivity index (χ1n) is 8.24. The Hall–Kier alpha value is -2.74. The molecule has 0 aromatic heterocycles. The quantitative estimate of drug-likeness (QED) is 0.556. The SMILES string of the molecule is CCOC(=O)CC(C)c1ccc(C#Cc2ccc(C(F)(F)F)cc2)cc1. The van der Waals surface area contributed by atoms with Gasteiger partial charge in [-0.05, 0) is 54.8 Å². The van der Waals surface area contributed by atoms with E-state index < -0.39 is 11.7 Å². The summed E-state index contributed by atoms with van der Waals surface area (Å²) in [7, 11) is 0. The lowest BCUT2D eigenvalue weighted by atomic mass is 9.97. The van der Waals surface area contributed by atoms with E-state index in [0.717, 1.165) is 23.3 Å². The van der Waals surface area contributed by atoms with E-state index in [9.17, 15) is 18.0 Å². The van der Waals surface area contributed by atoms with Crippen molar-refractivity contribution < 1.29 is 22.7 Å². The van der Waals surface area contributed by atoms with Gasteiger partial charge in [0.1, 0.15) is 0 Å². The third kappa shape index (κ3) is 5.66. The van der Waals surface area contributed by atoms with Crippen LogP contribution in [0.4, 0.5) is 13.2 Å². The van der Waals surface area contributed by atoms with Gasteiger partial charge in [-0.25, -0.2) is 0 Å². The van der Waals surface area contributed by atoms with Crippen molar-refractivity contribution in [3.05, 3.63) is 70.8 Å². The van der Waals surface area contributed by atoms with E-state index in [1.165, 1.54) is 12.1 Å². The Labute approximate surface area is 151 Å². The Bertz CT molecular complexity index is 794. The average Bonchev–Trinajstić information content (AvgIpc) is 2.60. The number of halogens is 3. The first-order chi connectivity index (χ1) is 12.3. The van der Waals surface area contributed by atoms with Crippen LogP contribution in [0.5, 0.6) is 0 Å². The number of rotatable bonds is 4. The highest BCUT2D eigenvalue weighted by molar-refractivity contribution is 5.70. The molecule has 0 radical (unpaired) electrons. The van der Waals surface area contributed by atoms with Crippen molar-refractivity contribution >= 4 is 5.97 Å². The predicted octanol–water partition coefficient (Wildman–Crippen LogP) is 5.16. The molecule has 0 saturated heterocycles. The Balaban J connectivity index is 2.03. The number of alkyl halides is 3. The fourth-order valence-electron chi connectivity index (χ4n) is 2.37. The van der Waals surface area contributed by atoms with E-state index in [1.54, 1.807) is 6.92 Å². The van der Waals surface area contributed by atoms with Crippen LogP contribution >= 0.6 is 0 Å². The van der Waals surface area contributed by atoms with Gasteiger partial charge in [0.2, 0.25) is 0 Å². The first kappa shape index (κ1) is 19.6. The van der Waals surface area contributed by atoms with Gasteiger partial charge in [-0.3, -0.25) is 4.79 Å². The summed E-state index contributed by atoms with van der Waals surface area (Å²) in [6.07, 6.45) is -4.04. The zero-order valence-electron chi connectivity index (χ0n) is 14.6. The lowest BCUT2D eigenvalue weighted by Gasteiger charge is -2.11. The summed E-state index contributed by atoms with van der Waals surface area (Å²) in [5.41, 5.74) is 1.57. The summed E-state index contributed by atoms with van der Waals surface area (Å²) in [5, 5.41) is 0. The zero-order chi connectivity index (χ0) is 19.2. The van der Waals surface area contributed by atoms with Crippen LogP contribution in [-0.4, -0.2) is 12.6 Å². The summed E-state index contributed by atoms with van der Waals surface area (Å²) < 4.78 is 42.5. The molecule has 1 atom stereocenters. The number of hydrogen-bond donors (Lipinski definition) is 0. The molecule has 0 bridgehead atoms. The van der Waals surface area contributed by atoms with E-state index >= 15 is 0 Å². The van der Waals surface area contributed by atoms with Gasteiger partial charge in [0, 0.05) is 11.1 Å². The van der Waals surface area contributed by atoms with Crippen LogP contribution < -0.4 is 0 Å². The number of carbonyl (C=O) groups excluding carboxylic acids is 1. The second kappa shape index (κ2) is 8.57. The number of hydrogen-bond acceptors (Lipinski definition) is 2. The van der Waals surface area contributed by atoms with Crippen LogP contribution in [0.15, 0.2) is 48.5 Å². The molecule has 0 amide bonds. The second-order valence-corrected chi connectivity index (χ2v) is 5.86. The molecule has 0 aliphatic heterocycles. The minimum absolute atomic E-state index is 0.0333. The van der Waals surface area contributed by atoms with Gasteiger partial charge in [0.05, 0.1) is 18.6 Å². The molecule has 2 aromatic rings. The molecule has 136 valence electrons. The summed E-state index contributed by atoms with van der Waals surface area (Å²) in [6, 6.07) is 12.2. The summed E-state index contributed by atoms with van der Waals surface area (Å²) in [4.78, 5) is 11.5. The molecule has 2 aromatic carbocycles. The van der Waals surface area contributed by atoms with Crippen molar-refractivity contribution in [2.45, 2.75) is 32.4 Å². The smallest absolute Gasteiger partial charge is 0.416 e. The third-order valence-electron chi connectivity index (χ3n) is 3.82. The Morgan fingerprint density at radius 2 is 1.50 bits per heavy atom. The van der Waals surface area contributed by atoms with Gasteiger partial charge < -0.3 is 4.74 Å². The van der Waals surface area contributed by atoms with Crippen LogP contribution in [0, 0.1) is 11.8 Å². The maximum absolute atomic E-state index is 12.5. The molecule has 5 heteroatoms. The molecule has 1 unspecified atom stereocenters. The standard InChI is InChI=1S/C21H19F3O2/c1-3-26-20(25)14-15(2)18-10-6-16(7-11-18)4-5-17-8-12-19(13-9-17)21(22,23)24/h6-13,15H,3,14H2,1-2H3. The Morgan fingerprint density at radius 1 is 1.00 bits per heavy atom. The molecule has 0 spiro atoms. The molecule has 2 rings (SSSR count). The first-order valence-corrected chi connectivity index (χ1v) is 8.24. The number of ether oxygens (including phenoxy) is 1. The Morgan fingerprint density at radius 3 is 1.96 bits per heavy atom. The summed E-state index contributed by atoms with van der Waals surface area (Å²) in [6.45, 7) is 4.08. The van der Waals surface area contributed by atoms with Crippen molar-refractivity contribution in [3.63, 3.8) is 0 Å². The lowest BCUT2D eigenvalue weighted by molar-refractivity contribution is -0.143. The maximum atomic E-state index is 12.5. The lowest BCUT2D eigenvalue weighted by Crippen LogP contribution is -2.08. The van der Waals surface area contributed by atoms with Crippen LogP contribution in [0.3, 0.4) is 0 Å². The monoisotopic (exact) mass is 360 g/mol. The van der Waals surface area contributed by atoms with Crippen LogP contribution in [0.1, 0.15) is 48.4 Å². The number of esters is 1. The van der Waals surface area contributed by atoms with E-state index in [0.29, 0.717) is 18.6 Å². The number of benzene rings is 2. The van der Waals surface area contributed by atoms with Crippen LogP contribution in [0.25, 0.3) is 0 Å². The maximum Gasteiger partial charge on any atom is 0.416 e. The molecule has 26 heavy (non-hydrogen) atoms. The molecule has 0 fully saturated rings. The van der Waals surface area contributed by atoms with E-state index in [4.69, 9.17) is 4.74 Å². The Kier molecular flexibility index (Phi) is 6.46. The van der Waals surface area contributed by atoms with Crippen molar-refractivity contribution in [2.75, 3.05) is 6.61 Å². The number of carbonyl (C=O) groups is 1. The third-order valence-corrected chi connectivity index (χ3v) is 3.82. The largest absolute Gasteiger partial charge is 0.466 e. The van der Waals surface area contributed by atoms with Gasteiger partial charge in [-0.1, -0.05) is 30.9 Å². The minimum Gasteiger partial charge on any atom is -0.466 e. The summed E-state index contributed by atoms with van der Waals surface area (Å²) >= 11 is 0. The molecule has 2 nitrogen and oxygen atoms in total. The molecule has 0 heterocycles. The topological polar surface area (TPSA) is 26.3 Å². The van der Waals surface area contributed by atoms with Crippen LogP contribution in [0.2, 0.25) is 0 Å². The van der Waals surface area contributed by atoms with E-state index in [1.807, 2.05) is 31.2 Å². The van der Waals surface area contributed by atoms with Crippen LogP contribution in [-0.2, 0) is 15.7 Å². The molecule has 0 aliphatic rings. The fraction of sp³-hybridized carbons (Fsp3) is 0.286.